The van der Waals surface area contributed by atoms with Crippen molar-refractivity contribution in [2.75, 3.05) is 20.2 Å². The van der Waals surface area contributed by atoms with Gasteiger partial charge in [-0.3, -0.25) is 9.69 Å². The average molecular weight is 350 g/mol. The van der Waals surface area contributed by atoms with Crippen LogP contribution in [0.25, 0.3) is 0 Å². The number of hydrogen-bond donors (Lipinski definition) is 1. The minimum absolute atomic E-state index is 0.149. The Labute approximate surface area is 147 Å². The molecule has 2 fully saturated rings. The van der Waals surface area contributed by atoms with E-state index in [1.165, 1.54) is 24.9 Å². The lowest BCUT2D eigenvalue weighted by molar-refractivity contribution is -0.126. The molecule has 1 N–H and O–H groups in total. The molecule has 3 rings (SSSR count). The highest BCUT2D eigenvalue weighted by Gasteiger charge is 2.32. The summed E-state index contributed by atoms with van der Waals surface area (Å²) in [5.41, 5.74) is 0. The molecule has 8 nitrogen and oxygen atoms in total. The molecule has 1 aliphatic heterocycles. The van der Waals surface area contributed by atoms with E-state index < -0.39 is 12.1 Å². The second-order valence-corrected chi connectivity index (χ2v) is 6.75. The van der Waals surface area contributed by atoms with Crippen molar-refractivity contribution in [1.82, 2.24) is 20.4 Å². The van der Waals surface area contributed by atoms with E-state index in [2.05, 4.69) is 15.5 Å². The fraction of sp³-hybridized carbons (Fsp3) is 0.765. The number of hydrogen-bond acceptors (Lipinski definition) is 6. The van der Waals surface area contributed by atoms with Crippen LogP contribution in [0.4, 0.5) is 4.79 Å². The van der Waals surface area contributed by atoms with Gasteiger partial charge in [0.15, 0.2) is 5.82 Å². The van der Waals surface area contributed by atoms with E-state index in [0.29, 0.717) is 37.7 Å². The summed E-state index contributed by atoms with van der Waals surface area (Å²) >= 11 is 0. The van der Waals surface area contributed by atoms with Gasteiger partial charge < -0.3 is 14.6 Å². The van der Waals surface area contributed by atoms with Gasteiger partial charge in [0.25, 0.3) is 0 Å². The zero-order chi connectivity index (χ0) is 17.6. The van der Waals surface area contributed by atoms with Gasteiger partial charge in [-0.2, -0.15) is 4.98 Å². The fourth-order valence-electron chi connectivity index (χ4n) is 3.66. The molecule has 0 aromatic carbocycles. The molecule has 0 unspecified atom stereocenters. The van der Waals surface area contributed by atoms with Crippen LogP contribution in [-0.2, 0) is 16.0 Å². The Morgan fingerprint density at radius 1 is 1.24 bits per heavy atom. The predicted octanol–water partition coefficient (Wildman–Crippen LogP) is 2.01. The van der Waals surface area contributed by atoms with Crippen LogP contribution in [0.2, 0.25) is 0 Å². The molecule has 1 aromatic heterocycles. The number of carbonyl (C=O) groups excluding carboxylic acids is 2. The number of nitrogens with one attached hydrogen (secondary N) is 1. The van der Waals surface area contributed by atoms with Crippen LogP contribution in [0.3, 0.4) is 0 Å². The summed E-state index contributed by atoms with van der Waals surface area (Å²) in [6, 6.07) is -0.458. The van der Waals surface area contributed by atoms with Crippen molar-refractivity contribution in [3.63, 3.8) is 0 Å². The van der Waals surface area contributed by atoms with Gasteiger partial charge in [-0.05, 0) is 32.1 Å². The first-order chi connectivity index (χ1) is 12.2. The summed E-state index contributed by atoms with van der Waals surface area (Å²) in [6.45, 7) is 0.980. The minimum Gasteiger partial charge on any atom is -0.453 e. The molecule has 8 heteroatoms. The molecule has 1 aromatic rings. The molecule has 25 heavy (non-hydrogen) atoms. The van der Waals surface area contributed by atoms with Gasteiger partial charge in [-0.1, -0.05) is 18.0 Å². The summed E-state index contributed by atoms with van der Waals surface area (Å²) in [4.78, 5) is 30.2. The van der Waals surface area contributed by atoms with E-state index in [1.807, 2.05) is 0 Å². The lowest BCUT2D eigenvalue weighted by Crippen LogP contribution is -2.52. The summed E-state index contributed by atoms with van der Waals surface area (Å²) in [7, 11) is 1.34. The number of rotatable bonds is 5. The second-order valence-electron chi connectivity index (χ2n) is 6.75. The van der Waals surface area contributed by atoms with Gasteiger partial charge in [-0.25, -0.2) is 4.79 Å². The fourth-order valence-corrected chi connectivity index (χ4v) is 3.66. The number of likely N-dealkylation sites (tertiary alicyclic amines) is 1. The van der Waals surface area contributed by atoms with Crippen molar-refractivity contribution < 1.29 is 18.8 Å². The predicted molar refractivity (Wildman–Crippen MR) is 89.0 cm³/mol. The molecule has 1 saturated carbocycles. The van der Waals surface area contributed by atoms with Crippen molar-refractivity contribution in [3.8, 4) is 0 Å². The molecule has 1 saturated heterocycles. The quantitative estimate of drug-likeness (QED) is 0.872. The van der Waals surface area contributed by atoms with Gasteiger partial charge >= 0.3 is 6.09 Å². The third kappa shape index (κ3) is 4.29. The number of piperidine rings is 1. The van der Waals surface area contributed by atoms with Crippen LogP contribution < -0.4 is 5.32 Å². The number of ether oxygens (including phenoxy) is 1. The summed E-state index contributed by atoms with van der Waals surface area (Å²) < 4.78 is 10.1. The van der Waals surface area contributed by atoms with Crippen LogP contribution in [0.5, 0.6) is 0 Å². The van der Waals surface area contributed by atoms with Crippen molar-refractivity contribution in [2.24, 2.45) is 0 Å². The summed E-state index contributed by atoms with van der Waals surface area (Å²) in [6.07, 6.45) is 7.23. The highest BCUT2D eigenvalue weighted by Crippen LogP contribution is 2.32. The van der Waals surface area contributed by atoms with Crippen LogP contribution in [0.1, 0.15) is 62.6 Å². The van der Waals surface area contributed by atoms with Gasteiger partial charge in [0.1, 0.15) is 6.04 Å². The van der Waals surface area contributed by atoms with Crippen LogP contribution in [0.15, 0.2) is 4.52 Å². The maximum atomic E-state index is 12.4. The molecule has 2 heterocycles. The van der Waals surface area contributed by atoms with E-state index in [0.717, 1.165) is 31.6 Å². The van der Waals surface area contributed by atoms with Gasteiger partial charge in [0.2, 0.25) is 11.8 Å². The van der Waals surface area contributed by atoms with Gasteiger partial charge in [0, 0.05) is 25.4 Å². The number of carbonyl (C=O) groups is 2. The van der Waals surface area contributed by atoms with Crippen molar-refractivity contribution in [1.29, 1.82) is 0 Å². The van der Waals surface area contributed by atoms with Crippen LogP contribution in [-0.4, -0.2) is 53.3 Å². The van der Waals surface area contributed by atoms with Gasteiger partial charge in [0.05, 0.1) is 7.11 Å². The maximum Gasteiger partial charge on any atom is 0.410 e. The topological polar surface area (TPSA) is 97.6 Å². The summed E-state index contributed by atoms with van der Waals surface area (Å²) in [5.74, 6) is 1.59. The third-order valence-corrected chi connectivity index (χ3v) is 5.05. The van der Waals surface area contributed by atoms with Crippen molar-refractivity contribution in [3.05, 3.63) is 11.7 Å². The second kappa shape index (κ2) is 8.31. The monoisotopic (exact) mass is 350 g/mol. The number of amides is 2. The lowest BCUT2D eigenvalue weighted by Gasteiger charge is -2.33. The molecule has 2 amide bonds. The first-order valence-electron chi connectivity index (χ1n) is 9.14. The first-order valence-corrected chi connectivity index (χ1v) is 9.14. The van der Waals surface area contributed by atoms with Crippen LogP contribution in [0, 0.1) is 0 Å². The van der Waals surface area contributed by atoms with Crippen molar-refractivity contribution >= 4 is 12.0 Å². The van der Waals surface area contributed by atoms with Crippen LogP contribution >= 0.6 is 0 Å². The molecule has 0 bridgehead atoms. The Kier molecular flexibility index (Phi) is 5.88. The molecule has 138 valence electrons. The molecule has 1 atom stereocenters. The van der Waals surface area contributed by atoms with E-state index in [4.69, 9.17) is 9.26 Å². The first kappa shape index (κ1) is 17.7. The zero-order valence-electron chi connectivity index (χ0n) is 14.7. The molecule has 2 aliphatic rings. The average Bonchev–Trinajstić information content (AvgIpc) is 3.32. The molecule has 0 radical (unpaired) electrons. The largest absolute Gasteiger partial charge is 0.453 e. The SMILES string of the molecule is COC(=O)N1CCCC[C@H]1C(=O)NCCc1noc(C2CCCC2)n1. The Morgan fingerprint density at radius 2 is 2.00 bits per heavy atom. The third-order valence-electron chi connectivity index (χ3n) is 5.05. The number of nitrogens with zero attached hydrogens (tertiary/aromatic N) is 3. The van der Waals surface area contributed by atoms with Crippen molar-refractivity contribution in [2.45, 2.75) is 63.3 Å². The maximum absolute atomic E-state index is 12.4. The highest BCUT2D eigenvalue weighted by atomic mass is 16.5. The Morgan fingerprint density at radius 3 is 2.76 bits per heavy atom. The molecule has 1 aliphatic carbocycles. The number of aromatic nitrogens is 2. The molecular weight excluding hydrogens is 324 g/mol. The zero-order valence-corrected chi connectivity index (χ0v) is 14.7. The Hall–Kier alpha value is -2.12. The molecular formula is C17H26N4O4. The highest BCUT2D eigenvalue weighted by molar-refractivity contribution is 5.85. The van der Waals surface area contributed by atoms with E-state index >= 15 is 0 Å². The van der Waals surface area contributed by atoms with Gasteiger partial charge in [-0.15, -0.1) is 0 Å². The van der Waals surface area contributed by atoms with E-state index in [9.17, 15) is 9.59 Å². The standard InChI is InChI=1S/C17H26N4O4/c1-24-17(23)21-11-5-4-8-13(21)15(22)18-10-9-14-19-16(25-20-14)12-6-2-3-7-12/h12-13H,2-11H2,1H3,(H,18,22)/t13-/m0/s1. The Balaban J connectivity index is 1.47. The van der Waals surface area contributed by atoms with E-state index in [-0.39, 0.29) is 5.91 Å². The minimum atomic E-state index is -0.458. The summed E-state index contributed by atoms with van der Waals surface area (Å²) in [5, 5.41) is 6.88. The molecule has 0 spiro atoms. The normalized spacial score (nSPS) is 21.3. The smallest absolute Gasteiger partial charge is 0.410 e. The van der Waals surface area contributed by atoms with E-state index in [1.54, 1.807) is 0 Å². The number of methoxy groups -OCH3 is 1. The Bertz CT molecular complexity index is 597. The lowest BCUT2D eigenvalue weighted by atomic mass is 10.0.